The van der Waals surface area contributed by atoms with Gasteiger partial charge >= 0.3 is 5.97 Å². The number of carbonyl (C=O) groups is 3. The van der Waals surface area contributed by atoms with Crippen molar-refractivity contribution in [3.63, 3.8) is 0 Å². The third-order valence-corrected chi connectivity index (χ3v) is 6.63. The van der Waals surface area contributed by atoms with Crippen LogP contribution in [0.4, 0.5) is 0 Å². The summed E-state index contributed by atoms with van der Waals surface area (Å²) < 4.78 is 4.89. The van der Waals surface area contributed by atoms with E-state index in [1.54, 1.807) is 11.1 Å². The number of amides is 2. The average molecular weight is 420 g/mol. The van der Waals surface area contributed by atoms with E-state index >= 15 is 0 Å². The van der Waals surface area contributed by atoms with Gasteiger partial charge in [0.05, 0.1) is 17.9 Å². The molecule has 1 unspecified atom stereocenters. The molecule has 0 aromatic carbocycles. The predicted octanol–water partition coefficient (Wildman–Crippen LogP) is 2.40. The van der Waals surface area contributed by atoms with Crippen molar-refractivity contribution in [2.24, 2.45) is 5.92 Å². The second kappa shape index (κ2) is 10.6. The van der Waals surface area contributed by atoms with Crippen LogP contribution in [0.5, 0.6) is 0 Å². The van der Waals surface area contributed by atoms with Crippen molar-refractivity contribution in [2.75, 3.05) is 19.4 Å². The summed E-state index contributed by atoms with van der Waals surface area (Å²) in [6.45, 7) is 0.625. The van der Waals surface area contributed by atoms with Gasteiger partial charge in [-0.25, -0.2) is 9.78 Å². The molecule has 1 aliphatic carbocycles. The zero-order valence-electron chi connectivity index (χ0n) is 16.8. The van der Waals surface area contributed by atoms with Gasteiger partial charge in [-0.05, 0) is 57.1 Å². The lowest BCUT2D eigenvalue weighted by atomic mass is 9.84. The molecule has 29 heavy (non-hydrogen) atoms. The van der Waals surface area contributed by atoms with Crippen molar-refractivity contribution in [3.8, 4) is 0 Å². The van der Waals surface area contributed by atoms with Gasteiger partial charge < -0.3 is 15.0 Å². The molecule has 2 fully saturated rings. The van der Waals surface area contributed by atoms with Gasteiger partial charge in [0.1, 0.15) is 6.04 Å². The summed E-state index contributed by atoms with van der Waals surface area (Å²) in [6.07, 6.45) is 7.31. The number of carbonyl (C=O) groups excluding carboxylic acids is 3. The number of aromatic nitrogens is 1. The topological polar surface area (TPSA) is 88.6 Å². The zero-order chi connectivity index (χ0) is 20.6. The Morgan fingerprint density at radius 1 is 1.17 bits per heavy atom. The van der Waals surface area contributed by atoms with E-state index in [2.05, 4.69) is 10.3 Å². The summed E-state index contributed by atoms with van der Waals surface area (Å²) in [6, 6.07) is 5.30. The number of methoxy groups -OCH3 is 1. The van der Waals surface area contributed by atoms with Gasteiger partial charge in [0.15, 0.2) is 0 Å². The maximum Gasteiger partial charge on any atom is 0.328 e. The molecule has 1 saturated carbocycles. The Balaban J connectivity index is 1.44. The zero-order valence-corrected chi connectivity index (χ0v) is 17.7. The molecular formula is C21H29N3O4S. The minimum absolute atomic E-state index is 0.00258. The number of hydrogen-bond donors (Lipinski definition) is 1. The number of piperidine rings is 1. The van der Waals surface area contributed by atoms with E-state index in [0.717, 1.165) is 43.6 Å². The smallest absolute Gasteiger partial charge is 0.328 e. The lowest BCUT2D eigenvalue weighted by Gasteiger charge is -2.38. The summed E-state index contributed by atoms with van der Waals surface area (Å²) in [4.78, 5) is 43.2. The van der Waals surface area contributed by atoms with E-state index in [0.29, 0.717) is 18.7 Å². The summed E-state index contributed by atoms with van der Waals surface area (Å²) in [5, 5.41) is 3.91. The van der Waals surface area contributed by atoms with E-state index < -0.39 is 6.04 Å². The van der Waals surface area contributed by atoms with Crippen LogP contribution in [0.2, 0.25) is 0 Å². The second-order valence-corrected chi connectivity index (χ2v) is 8.63. The van der Waals surface area contributed by atoms with E-state index in [9.17, 15) is 14.4 Å². The average Bonchev–Trinajstić information content (AvgIpc) is 2.78. The van der Waals surface area contributed by atoms with Crippen molar-refractivity contribution in [1.29, 1.82) is 0 Å². The highest BCUT2D eigenvalue weighted by Gasteiger charge is 2.37. The molecule has 1 aromatic heterocycles. The van der Waals surface area contributed by atoms with Crippen LogP contribution in [0.3, 0.4) is 0 Å². The highest BCUT2D eigenvalue weighted by molar-refractivity contribution is 7.99. The van der Waals surface area contributed by atoms with E-state index in [-0.39, 0.29) is 29.7 Å². The van der Waals surface area contributed by atoms with Gasteiger partial charge in [0.25, 0.3) is 0 Å². The van der Waals surface area contributed by atoms with Crippen molar-refractivity contribution in [3.05, 3.63) is 24.4 Å². The van der Waals surface area contributed by atoms with Crippen LogP contribution < -0.4 is 5.32 Å². The first-order valence-electron chi connectivity index (χ1n) is 10.3. The van der Waals surface area contributed by atoms with Gasteiger partial charge in [-0.2, -0.15) is 0 Å². The second-order valence-electron chi connectivity index (χ2n) is 7.64. The minimum Gasteiger partial charge on any atom is -0.467 e. The Morgan fingerprint density at radius 2 is 1.97 bits per heavy atom. The van der Waals surface area contributed by atoms with Crippen LogP contribution in [0.15, 0.2) is 29.4 Å². The first-order chi connectivity index (χ1) is 14.1. The third kappa shape index (κ3) is 5.95. The van der Waals surface area contributed by atoms with Gasteiger partial charge in [-0.1, -0.05) is 17.8 Å². The Kier molecular flexibility index (Phi) is 7.91. The lowest BCUT2D eigenvalue weighted by Crippen LogP contribution is -2.51. The highest BCUT2D eigenvalue weighted by atomic mass is 32.2. The molecule has 8 heteroatoms. The first kappa shape index (κ1) is 21.6. The van der Waals surface area contributed by atoms with Gasteiger partial charge in [0.2, 0.25) is 11.8 Å². The number of rotatable bonds is 6. The van der Waals surface area contributed by atoms with Crippen molar-refractivity contribution < 1.29 is 19.1 Å². The molecule has 0 bridgehead atoms. The summed E-state index contributed by atoms with van der Waals surface area (Å²) in [7, 11) is 1.37. The van der Waals surface area contributed by atoms with Gasteiger partial charge in [-0.15, -0.1) is 0 Å². The van der Waals surface area contributed by atoms with E-state index in [1.165, 1.54) is 18.9 Å². The van der Waals surface area contributed by atoms with Crippen LogP contribution in [0.25, 0.3) is 0 Å². The van der Waals surface area contributed by atoms with E-state index in [4.69, 9.17) is 4.74 Å². The number of hydrogen-bond acceptors (Lipinski definition) is 6. The summed E-state index contributed by atoms with van der Waals surface area (Å²) in [5.41, 5.74) is 0. The standard InChI is InChI=1S/C21H29N3O4S/c1-28-21(27)17-6-3-5-13-24(17)20(26)15-8-10-16(11-9-15)23-18(25)14-29-19-7-2-4-12-22-19/h2,4,7,12,15-17H,3,5-6,8-11,13-14H2,1H3,(H,23,25). The van der Waals surface area contributed by atoms with Crippen molar-refractivity contribution >= 4 is 29.5 Å². The number of pyridine rings is 1. The van der Waals surface area contributed by atoms with Crippen LogP contribution >= 0.6 is 11.8 Å². The molecule has 0 radical (unpaired) electrons. The molecule has 3 rings (SSSR count). The predicted molar refractivity (Wildman–Crippen MR) is 110 cm³/mol. The Hall–Kier alpha value is -2.09. The number of thioether (sulfide) groups is 1. The van der Waals surface area contributed by atoms with Crippen LogP contribution in [-0.2, 0) is 19.1 Å². The molecule has 1 N–H and O–H groups in total. The third-order valence-electron chi connectivity index (χ3n) is 5.69. The molecule has 1 saturated heterocycles. The van der Waals surface area contributed by atoms with E-state index in [1.807, 2.05) is 18.2 Å². The molecular weight excluding hydrogens is 390 g/mol. The van der Waals surface area contributed by atoms with Crippen LogP contribution in [-0.4, -0.2) is 59.2 Å². The largest absolute Gasteiger partial charge is 0.467 e. The fraction of sp³-hybridized carbons (Fsp3) is 0.619. The Labute approximate surface area is 176 Å². The molecule has 1 aliphatic heterocycles. The highest BCUT2D eigenvalue weighted by Crippen LogP contribution is 2.29. The SMILES string of the molecule is COC(=O)C1CCCCN1C(=O)C1CCC(NC(=O)CSc2ccccn2)CC1. The summed E-state index contributed by atoms with van der Waals surface area (Å²) in [5.74, 6) is 0.0123. The number of nitrogens with one attached hydrogen (secondary N) is 1. The molecule has 2 heterocycles. The monoisotopic (exact) mass is 419 g/mol. The maximum absolute atomic E-state index is 13.0. The van der Waals surface area contributed by atoms with Gasteiger partial charge in [0, 0.05) is 24.7 Å². The van der Waals surface area contributed by atoms with Crippen LogP contribution in [0, 0.1) is 5.92 Å². The molecule has 158 valence electrons. The maximum atomic E-state index is 13.0. The Morgan fingerprint density at radius 3 is 2.66 bits per heavy atom. The lowest BCUT2D eigenvalue weighted by molar-refractivity contribution is -0.156. The summed E-state index contributed by atoms with van der Waals surface area (Å²) >= 11 is 1.42. The van der Waals surface area contributed by atoms with Crippen molar-refractivity contribution in [1.82, 2.24) is 15.2 Å². The molecule has 0 spiro atoms. The van der Waals surface area contributed by atoms with Gasteiger partial charge in [-0.3, -0.25) is 9.59 Å². The molecule has 1 atom stereocenters. The minimum atomic E-state index is -0.442. The molecule has 1 aromatic rings. The normalized spacial score (nSPS) is 24.6. The molecule has 2 amide bonds. The number of ether oxygens (including phenoxy) is 1. The Bertz CT molecular complexity index is 707. The number of nitrogens with zero attached hydrogens (tertiary/aromatic N) is 2. The number of esters is 1. The molecule has 7 nitrogen and oxygen atoms in total. The molecule has 2 aliphatic rings. The first-order valence-corrected chi connectivity index (χ1v) is 11.3. The number of likely N-dealkylation sites (tertiary alicyclic amines) is 1. The van der Waals surface area contributed by atoms with Crippen molar-refractivity contribution in [2.45, 2.75) is 62.1 Å². The fourth-order valence-corrected chi connectivity index (χ4v) is 4.81. The fourth-order valence-electron chi connectivity index (χ4n) is 4.14. The quantitative estimate of drug-likeness (QED) is 0.563. The van der Waals surface area contributed by atoms with Crippen LogP contribution in [0.1, 0.15) is 44.9 Å².